The van der Waals surface area contributed by atoms with Crippen molar-refractivity contribution in [3.05, 3.63) is 39.8 Å². The number of hydrogen-bond acceptors (Lipinski definition) is 4. The molecule has 1 aliphatic rings. The Morgan fingerprint density at radius 1 is 1.47 bits per heavy atom. The first-order valence-electron chi connectivity index (χ1n) is 6.44. The van der Waals surface area contributed by atoms with E-state index in [1.54, 1.807) is 11.3 Å². The van der Waals surface area contributed by atoms with E-state index in [1.807, 2.05) is 13.1 Å². The third-order valence-corrected chi connectivity index (χ3v) is 4.41. The molecule has 0 saturated heterocycles. The quantitative estimate of drug-likeness (QED) is 0.786. The predicted octanol–water partition coefficient (Wildman–Crippen LogP) is 3.75. The van der Waals surface area contributed by atoms with Gasteiger partial charge in [0, 0.05) is 30.0 Å². The minimum absolute atomic E-state index is 0.472. The second kappa shape index (κ2) is 5.47. The minimum Gasteiger partial charge on any atom is -0.333 e. The number of alkyl halides is 1. The van der Waals surface area contributed by atoms with Gasteiger partial charge in [-0.25, -0.2) is 9.97 Å². The first-order valence-corrected chi connectivity index (χ1v) is 7.92. The van der Waals surface area contributed by atoms with Crippen LogP contribution in [0.5, 0.6) is 0 Å². The minimum atomic E-state index is 0.472. The Morgan fingerprint density at radius 2 is 2.32 bits per heavy atom. The largest absolute Gasteiger partial charge is 0.333 e. The fraction of sp³-hybridized carbons (Fsp3) is 0.429. The van der Waals surface area contributed by atoms with Crippen molar-refractivity contribution in [1.29, 1.82) is 0 Å². The van der Waals surface area contributed by atoms with E-state index in [2.05, 4.69) is 31.7 Å². The number of thiophene rings is 1. The molecule has 3 rings (SSSR count). The zero-order valence-corrected chi connectivity index (χ0v) is 12.4. The average Bonchev–Trinajstić information content (AvgIpc) is 3.13. The van der Waals surface area contributed by atoms with Gasteiger partial charge in [0.15, 0.2) is 0 Å². The van der Waals surface area contributed by atoms with Gasteiger partial charge >= 0.3 is 0 Å². The number of nitrogens with zero attached hydrogens (tertiary/aromatic N) is 3. The molecule has 0 amide bonds. The summed E-state index contributed by atoms with van der Waals surface area (Å²) in [5, 5.41) is 4.30. The smallest absolute Gasteiger partial charge is 0.226 e. The summed E-state index contributed by atoms with van der Waals surface area (Å²) in [7, 11) is 0. The van der Waals surface area contributed by atoms with Crippen molar-refractivity contribution < 1.29 is 0 Å². The first kappa shape index (κ1) is 12.9. The number of hydrogen-bond donors (Lipinski definition) is 0. The van der Waals surface area contributed by atoms with Crippen LogP contribution >= 0.6 is 22.9 Å². The Hall–Kier alpha value is -1.13. The van der Waals surface area contributed by atoms with Crippen LogP contribution < -0.4 is 4.90 Å². The van der Waals surface area contributed by atoms with E-state index in [-0.39, 0.29) is 0 Å². The van der Waals surface area contributed by atoms with Gasteiger partial charge in [-0.05, 0) is 42.2 Å². The van der Waals surface area contributed by atoms with Crippen molar-refractivity contribution in [3.8, 4) is 0 Å². The Kier molecular flexibility index (Phi) is 3.71. The van der Waals surface area contributed by atoms with E-state index in [0.717, 1.165) is 23.8 Å². The summed E-state index contributed by atoms with van der Waals surface area (Å²) < 4.78 is 0. The summed E-state index contributed by atoms with van der Waals surface area (Å²) in [6.45, 7) is 2.90. The SMILES string of the molecule is Cc1nc(N(Cc2ccsc2)C2CC2)ncc1CCl. The van der Waals surface area contributed by atoms with Crippen molar-refractivity contribution in [2.45, 2.75) is 38.2 Å². The molecule has 5 heteroatoms. The lowest BCUT2D eigenvalue weighted by Gasteiger charge is -2.22. The molecule has 0 spiro atoms. The number of aromatic nitrogens is 2. The molecule has 19 heavy (non-hydrogen) atoms. The van der Waals surface area contributed by atoms with E-state index in [1.165, 1.54) is 18.4 Å². The summed E-state index contributed by atoms with van der Waals surface area (Å²) in [5.74, 6) is 1.31. The number of aryl methyl sites for hydroxylation is 1. The van der Waals surface area contributed by atoms with Gasteiger partial charge in [-0.1, -0.05) is 0 Å². The van der Waals surface area contributed by atoms with Crippen LogP contribution in [0.3, 0.4) is 0 Å². The summed E-state index contributed by atoms with van der Waals surface area (Å²) in [6.07, 6.45) is 4.33. The predicted molar refractivity (Wildman–Crippen MR) is 79.9 cm³/mol. The standard InChI is InChI=1S/C14H16ClN3S/c1-10-12(6-15)7-16-14(17-10)18(13-2-3-13)8-11-4-5-19-9-11/h4-5,7,9,13H,2-3,6,8H2,1H3. The molecule has 0 aromatic carbocycles. The first-order chi connectivity index (χ1) is 9.28. The van der Waals surface area contributed by atoms with Crippen molar-refractivity contribution in [1.82, 2.24) is 9.97 Å². The molecule has 0 aliphatic heterocycles. The Morgan fingerprint density at radius 3 is 2.89 bits per heavy atom. The van der Waals surface area contributed by atoms with Crippen LogP contribution in [-0.2, 0) is 12.4 Å². The molecule has 0 N–H and O–H groups in total. The fourth-order valence-electron chi connectivity index (χ4n) is 2.08. The monoisotopic (exact) mass is 293 g/mol. The molecule has 0 unspecified atom stereocenters. The molecule has 0 atom stereocenters. The Labute approximate surface area is 122 Å². The maximum atomic E-state index is 5.86. The molecular weight excluding hydrogens is 278 g/mol. The van der Waals surface area contributed by atoms with E-state index in [0.29, 0.717) is 11.9 Å². The van der Waals surface area contributed by atoms with Crippen molar-refractivity contribution >= 4 is 28.9 Å². The van der Waals surface area contributed by atoms with Crippen LogP contribution in [-0.4, -0.2) is 16.0 Å². The van der Waals surface area contributed by atoms with Crippen molar-refractivity contribution in [3.63, 3.8) is 0 Å². The van der Waals surface area contributed by atoms with Crippen LogP contribution in [0.4, 0.5) is 5.95 Å². The third-order valence-electron chi connectivity index (χ3n) is 3.39. The Bertz CT molecular complexity index is 552. The highest BCUT2D eigenvalue weighted by atomic mass is 35.5. The van der Waals surface area contributed by atoms with Gasteiger partial charge in [0.25, 0.3) is 0 Å². The Balaban J connectivity index is 1.85. The van der Waals surface area contributed by atoms with Gasteiger partial charge in [-0.3, -0.25) is 0 Å². The average molecular weight is 294 g/mol. The molecule has 1 saturated carbocycles. The van der Waals surface area contributed by atoms with Gasteiger partial charge < -0.3 is 4.90 Å². The molecule has 3 nitrogen and oxygen atoms in total. The topological polar surface area (TPSA) is 29.0 Å². The highest BCUT2D eigenvalue weighted by molar-refractivity contribution is 7.07. The number of halogens is 1. The van der Waals surface area contributed by atoms with E-state index < -0.39 is 0 Å². The van der Waals surface area contributed by atoms with E-state index in [4.69, 9.17) is 11.6 Å². The van der Waals surface area contributed by atoms with Crippen LogP contribution in [0.25, 0.3) is 0 Å². The highest BCUT2D eigenvalue weighted by Crippen LogP contribution is 2.31. The third kappa shape index (κ3) is 2.90. The second-order valence-electron chi connectivity index (χ2n) is 4.90. The summed E-state index contributed by atoms with van der Waals surface area (Å²) in [6, 6.07) is 2.76. The zero-order chi connectivity index (χ0) is 13.2. The summed E-state index contributed by atoms with van der Waals surface area (Å²) in [4.78, 5) is 11.4. The molecule has 2 aromatic heterocycles. The molecule has 2 heterocycles. The normalized spacial score (nSPS) is 14.6. The van der Waals surface area contributed by atoms with Gasteiger partial charge in [0.2, 0.25) is 5.95 Å². The summed E-state index contributed by atoms with van der Waals surface area (Å²) in [5.41, 5.74) is 3.33. The lowest BCUT2D eigenvalue weighted by molar-refractivity contribution is 0.755. The van der Waals surface area contributed by atoms with Crippen LogP contribution in [0, 0.1) is 6.92 Å². The van der Waals surface area contributed by atoms with Gasteiger partial charge in [-0.2, -0.15) is 11.3 Å². The van der Waals surface area contributed by atoms with Gasteiger partial charge in [-0.15, -0.1) is 11.6 Å². The molecule has 0 bridgehead atoms. The highest BCUT2D eigenvalue weighted by Gasteiger charge is 2.31. The number of rotatable bonds is 5. The molecule has 1 aliphatic carbocycles. The summed E-state index contributed by atoms with van der Waals surface area (Å²) >= 11 is 7.60. The molecular formula is C14H16ClN3S. The van der Waals surface area contributed by atoms with Crippen LogP contribution in [0.2, 0.25) is 0 Å². The van der Waals surface area contributed by atoms with E-state index in [9.17, 15) is 0 Å². The zero-order valence-electron chi connectivity index (χ0n) is 10.8. The lowest BCUT2D eigenvalue weighted by atomic mass is 10.3. The molecule has 100 valence electrons. The molecule has 0 radical (unpaired) electrons. The van der Waals surface area contributed by atoms with Gasteiger partial charge in [0.05, 0.1) is 5.88 Å². The van der Waals surface area contributed by atoms with E-state index >= 15 is 0 Å². The number of anilines is 1. The maximum absolute atomic E-state index is 5.86. The van der Waals surface area contributed by atoms with Crippen molar-refractivity contribution in [2.24, 2.45) is 0 Å². The fourth-order valence-corrected chi connectivity index (χ4v) is 3.00. The van der Waals surface area contributed by atoms with Crippen LogP contribution in [0.15, 0.2) is 23.0 Å². The van der Waals surface area contributed by atoms with Crippen LogP contribution in [0.1, 0.15) is 29.7 Å². The van der Waals surface area contributed by atoms with Crippen molar-refractivity contribution in [2.75, 3.05) is 4.90 Å². The molecule has 2 aromatic rings. The second-order valence-corrected chi connectivity index (χ2v) is 5.95. The lowest BCUT2D eigenvalue weighted by Crippen LogP contribution is -2.27. The van der Waals surface area contributed by atoms with Gasteiger partial charge in [0.1, 0.15) is 0 Å². The maximum Gasteiger partial charge on any atom is 0.226 e. The molecule has 1 fully saturated rings.